The fraction of sp³-hybridized carbons (Fsp3) is 0.0667. The van der Waals surface area contributed by atoms with Crippen molar-refractivity contribution in [3.63, 3.8) is 0 Å². The van der Waals surface area contributed by atoms with Crippen LogP contribution >= 0.6 is 22.9 Å². The quantitative estimate of drug-likeness (QED) is 0.829. The van der Waals surface area contributed by atoms with Crippen LogP contribution in [0.2, 0.25) is 5.02 Å². The Hall–Kier alpha value is -2.11. The Labute approximate surface area is 130 Å². The molecule has 0 atom stereocenters. The third kappa shape index (κ3) is 4.73. The first-order chi connectivity index (χ1) is 10.0. The van der Waals surface area contributed by atoms with Crippen LogP contribution in [0.3, 0.4) is 0 Å². The highest BCUT2D eigenvalue weighted by atomic mass is 35.5. The second-order valence-corrected chi connectivity index (χ2v) is 5.81. The van der Waals surface area contributed by atoms with Crippen molar-refractivity contribution >= 4 is 40.9 Å². The van der Waals surface area contributed by atoms with Crippen LogP contribution in [0.5, 0.6) is 0 Å². The van der Waals surface area contributed by atoms with E-state index in [0.29, 0.717) is 17.1 Å². The van der Waals surface area contributed by atoms with Crippen LogP contribution in [-0.4, -0.2) is 17.0 Å². The average Bonchev–Trinajstić information content (AvgIpc) is 2.90. The number of thiophene rings is 1. The summed E-state index contributed by atoms with van der Waals surface area (Å²) in [6.45, 7) is 0.386. The van der Waals surface area contributed by atoms with Gasteiger partial charge in [-0.2, -0.15) is 0 Å². The van der Waals surface area contributed by atoms with E-state index in [0.717, 1.165) is 15.8 Å². The van der Waals surface area contributed by atoms with E-state index in [9.17, 15) is 9.59 Å². The van der Waals surface area contributed by atoms with Crippen molar-refractivity contribution in [1.82, 2.24) is 5.32 Å². The molecule has 1 aromatic carbocycles. The summed E-state index contributed by atoms with van der Waals surface area (Å²) in [4.78, 5) is 24.1. The van der Waals surface area contributed by atoms with Crippen LogP contribution in [0.15, 0.2) is 42.5 Å². The smallest absolute Gasteiger partial charge is 0.328 e. The molecule has 2 N–H and O–H groups in total. The molecule has 0 aliphatic rings. The van der Waals surface area contributed by atoms with E-state index in [1.165, 1.54) is 17.4 Å². The number of amides is 1. The molecule has 0 radical (unpaired) electrons. The largest absolute Gasteiger partial charge is 0.478 e. The highest BCUT2D eigenvalue weighted by Crippen LogP contribution is 2.18. The minimum Gasteiger partial charge on any atom is -0.478 e. The lowest BCUT2D eigenvalue weighted by molar-refractivity contribution is -0.131. The molecule has 1 aromatic heterocycles. The van der Waals surface area contributed by atoms with Gasteiger partial charge in [-0.1, -0.05) is 17.7 Å². The molecule has 6 heteroatoms. The average molecular weight is 322 g/mol. The minimum atomic E-state index is -0.987. The summed E-state index contributed by atoms with van der Waals surface area (Å²) in [5, 5.41) is 11.9. The number of halogens is 1. The zero-order valence-electron chi connectivity index (χ0n) is 10.9. The zero-order valence-corrected chi connectivity index (χ0v) is 12.4. The molecule has 2 aromatic rings. The van der Waals surface area contributed by atoms with Crippen molar-refractivity contribution < 1.29 is 14.7 Å². The highest BCUT2D eigenvalue weighted by molar-refractivity contribution is 7.12. The fourth-order valence-electron chi connectivity index (χ4n) is 1.63. The first-order valence-electron chi connectivity index (χ1n) is 6.08. The molecule has 0 aliphatic carbocycles. The van der Waals surface area contributed by atoms with Crippen molar-refractivity contribution in [2.75, 3.05) is 0 Å². The van der Waals surface area contributed by atoms with E-state index in [-0.39, 0.29) is 5.91 Å². The first-order valence-corrected chi connectivity index (χ1v) is 7.27. The predicted octanol–water partition coefficient (Wildman–Crippen LogP) is 3.43. The summed E-state index contributed by atoms with van der Waals surface area (Å²) in [5.74, 6) is -1.19. The van der Waals surface area contributed by atoms with Crippen LogP contribution in [0.1, 0.15) is 20.1 Å². The molecule has 1 amide bonds. The van der Waals surface area contributed by atoms with Gasteiger partial charge in [-0.25, -0.2) is 4.79 Å². The molecule has 0 saturated heterocycles. The standard InChI is InChI=1S/C15H12ClNO3S/c16-11-3-1-2-10(8-11)15(20)17-9-13-5-4-12(21-13)6-7-14(18)19/h1-8H,9H2,(H,17,20)(H,18,19). The molecular formula is C15H12ClNO3S. The van der Waals surface area contributed by atoms with Crippen LogP contribution < -0.4 is 5.32 Å². The Kier molecular flexibility index (Phi) is 5.14. The number of hydrogen-bond donors (Lipinski definition) is 2. The molecule has 1 heterocycles. The summed E-state index contributed by atoms with van der Waals surface area (Å²) < 4.78 is 0. The van der Waals surface area contributed by atoms with E-state index in [2.05, 4.69) is 5.32 Å². The molecule has 0 spiro atoms. The molecular weight excluding hydrogens is 310 g/mol. The SMILES string of the molecule is O=C(O)C=Cc1ccc(CNC(=O)c2cccc(Cl)c2)s1. The summed E-state index contributed by atoms with van der Waals surface area (Å²) in [7, 11) is 0. The Morgan fingerprint density at radius 2 is 2.10 bits per heavy atom. The van der Waals surface area contributed by atoms with Gasteiger partial charge in [-0.15, -0.1) is 11.3 Å². The van der Waals surface area contributed by atoms with Gasteiger partial charge in [0.1, 0.15) is 0 Å². The van der Waals surface area contributed by atoms with Gasteiger partial charge in [0.25, 0.3) is 5.91 Å². The summed E-state index contributed by atoms with van der Waals surface area (Å²) in [5.41, 5.74) is 0.505. The summed E-state index contributed by atoms with van der Waals surface area (Å²) in [6, 6.07) is 10.4. The number of carbonyl (C=O) groups excluding carboxylic acids is 1. The predicted molar refractivity (Wildman–Crippen MR) is 83.6 cm³/mol. The number of rotatable bonds is 5. The van der Waals surface area contributed by atoms with Gasteiger partial charge in [0, 0.05) is 26.4 Å². The maximum Gasteiger partial charge on any atom is 0.328 e. The Morgan fingerprint density at radius 1 is 1.29 bits per heavy atom. The number of nitrogens with one attached hydrogen (secondary N) is 1. The van der Waals surface area contributed by atoms with Gasteiger partial charge in [0.2, 0.25) is 0 Å². The molecule has 108 valence electrons. The number of aliphatic carboxylic acids is 1. The van der Waals surface area contributed by atoms with Crippen LogP contribution in [-0.2, 0) is 11.3 Å². The number of carboxylic acids is 1. The van der Waals surface area contributed by atoms with Crippen LogP contribution in [0, 0.1) is 0 Å². The molecule has 21 heavy (non-hydrogen) atoms. The Bertz CT molecular complexity index is 694. The molecule has 0 saturated carbocycles. The molecule has 4 nitrogen and oxygen atoms in total. The molecule has 0 unspecified atom stereocenters. The van der Waals surface area contributed by atoms with Gasteiger partial charge < -0.3 is 10.4 Å². The van der Waals surface area contributed by atoms with E-state index >= 15 is 0 Å². The van der Waals surface area contributed by atoms with E-state index in [1.807, 2.05) is 12.1 Å². The number of hydrogen-bond acceptors (Lipinski definition) is 3. The van der Waals surface area contributed by atoms with Crippen molar-refractivity contribution in [1.29, 1.82) is 0 Å². The topological polar surface area (TPSA) is 66.4 Å². The number of benzene rings is 1. The molecule has 0 bridgehead atoms. The van der Waals surface area contributed by atoms with Crippen LogP contribution in [0.4, 0.5) is 0 Å². The second-order valence-electron chi connectivity index (χ2n) is 4.17. The molecule has 0 aliphatic heterocycles. The molecule has 2 rings (SSSR count). The van der Waals surface area contributed by atoms with Crippen molar-refractivity contribution in [2.45, 2.75) is 6.54 Å². The number of carboxylic acid groups (broad SMARTS) is 1. The van der Waals surface area contributed by atoms with Gasteiger partial charge in [0.05, 0.1) is 6.54 Å². The summed E-state index contributed by atoms with van der Waals surface area (Å²) >= 11 is 7.26. The van der Waals surface area contributed by atoms with E-state index in [1.54, 1.807) is 24.3 Å². The first kappa shape index (κ1) is 15.3. The third-order valence-electron chi connectivity index (χ3n) is 2.58. The Morgan fingerprint density at radius 3 is 2.81 bits per heavy atom. The molecule has 0 fully saturated rings. The highest BCUT2D eigenvalue weighted by Gasteiger charge is 2.06. The van der Waals surface area contributed by atoms with Crippen molar-refractivity contribution in [3.05, 3.63) is 62.8 Å². The lowest BCUT2D eigenvalue weighted by Gasteiger charge is -2.03. The summed E-state index contributed by atoms with van der Waals surface area (Å²) in [6.07, 6.45) is 2.61. The second kappa shape index (κ2) is 7.06. The lowest BCUT2D eigenvalue weighted by Crippen LogP contribution is -2.22. The third-order valence-corrected chi connectivity index (χ3v) is 3.87. The van der Waals surface area contributed by atoms with Gasteiger partial charge in [-0.3, -0.25) is 4.79 Å². The van der Waals surface area contributed by atoms with Gasteiger partial charge in [0.15, 0.2) is 0 Å². The lowest BCUT2D eigenvalue weighted by atomic mass is 10.2. The fourth-order valence-corrected chi connectivity index (χ4v) is 2.68. The monoisotopic (exact) mass is 321 g/mol. The maximum atomic E-state index is 11.9. The Balaban J connectivity index is 1.94. The van der Waals surface area contributed by atoms with Gasteiger partial charge >= 0.3 is 5.97 Å². The zero-order chi connectivity index (χ0) is 15.2. The minimum absolute atomic E-state index is 0.200. The van der Waals surface area contributed by atoms with Crippen LogP contribution in [0.25, 0.3) is 6.08 Å². The van der Waals surface area contributed by atoms with Crippen molar-refractivity contribution in [2.24, 2.45) is 0 Å². The van der Waals surface area contributed by atoms with E-state index < -0.39 is 5.97 Å². The maximum absolute atomic E-state index is 11.9. The number of carbonyl (C=O) groups is 2. The van der Waals surface area contributed by atoms with E-state index in [4.69, 9.17) is 16.7 Å². The normalized spacial score (nSPS) is 10.7. The van der Waals surface area contributed by atoms with Gasteiger partial charge in [-0.05, 0) is 36.4 Å². The van der Waals surface area contributed by atoms with Crippen molar-refractivity contribution in [3.8, 4) is 0 Å².